The molecule has 0 radical (unpaired) electrons. The number of rotatable bonds is 11. The van der Waals surface area contributed by atoms with Crippen LogP contribution in [0.15, 0.2) is 23.4 Å². The molecule has 0 aliphatic carbocycles. The SMILES string of the molecule is COC(=O)c1c(NC(=O)CSc2nnc(CCCOc3ccc(Cl)cc3Cl)n2C)sc(C(=O)N(C)C)c1C. The summed E-state index contributed by atoms with van der Waals surface area (Å²) in [5.41, 5.74) is 0.632. The van der Waals surface area contributed by atoms with Gasteiger partial charge >= 0.3 is 5.97 Å². The van der Waals surface area contributed by atoms with Crippen molar-refractivity contribution in [3.63, 3.8) is 0 Å². The van der Waals surface area contributed by atoms with E-state index < -0.39 is 5.97 Å². The molecular weight excluding hydrogens is 573 g/mol. The van der Waals surface area contributed by atoms with E-state index >= 15 is 0 Å². The van der Waals surface area contributed by atoms with Gasteiger partial charge in [-0.05, 0) is 37.1 Å². The number of methoxy groups -OCH3 is 1. The molecular formula is C24H27Cl2N5O5S2. The lowest BCUT2D eigenvalue weighted by Crippen LogP contribution is -2.21. The van der Waals surface area contributed by atoms with Crippen LogP contribution in [-0.4, -0.2) is 71.0 Å². The first-order chi connectivity index (χ1) is 18.0. The minimum absolute atomic E-state index is 0.0265. The van der Waals surface area contributed by atoms with E-state index in [1.165, 1.54) is 23.8 Å². The van der Waals surface area contributed by atoms with Crippen molar-refractivity contribution in [2.75, 3.05) is 38.9 Å². The van der Waals surface area contributed by atoms with Gasteiger partial charge in [0.05, 0.1) is 34.9 Å². The molecule has 0 aliphatic heterocycles. The highest BCUT2D eigenvalue weighted by molar-refractivity contribution is 7.99. The summed E-state index contributed by atoms with van der Waals surface area (Å²) < 4.78 is 12.4. The molecule has 3 rings (SSSR count). The van der Waals surface area contributed by atoms with Gasteiger partial charge in [-0.3, -0.25) is 9.59 Å². The molecule has 2 amide bonds. The molecule has 0 aliphatic rings. The Morgan fingerprint density at radius 1 is 1.21 bits per heavy atom. The number of nitrogens with zero attached hydrogens (tertiary/aromatic N) is 4. The van der Waals surface area contributed by atoms with Crippen LogP contribution in [0.2, 0.25) is 10.0 Å². The summed E-state index contributed by atoms with van der Waals surface area (Å²) in [5.74, 6) is 0.0837. The van der Waals surface area contributed by atoms with Gasteiger partial charge in [-0.15, -0.1) is 21.5 Å². The summed E-state index contributed by atoms with van der Waals surface area (Å²) in [6, 6.07) is 5.06. The second-order valence-corrected chi connectivity index (χ2v) is 11.1. The van der Waals surface area contributed by atoms with Crippen molar-refractivity contribution in [1.29, 1.82) is 0 Å². The van der Waals surface area contributed by atoms with Crippen LogP contribution < -0.4 is 10.1 Å². The number of halogens is 2. The first kappa shape index (κ1) is 29.8. The van der Waals surface area contributed by atoms with Gasteiger partial charge in [-0.2, -0.15) is 0 Å². The van der Waals surface area contributed by atoms with E-state index in [0.29, 0.717) is 50.8 Å². The van der Waals surface area contributed by atoms with Crippen LogP contribution in [0.3, 0.4) is 0 Å². The van der Waals surface area contributed by atoms with Gasteiger partial charge in [-0.1, -0.05) is 35.0 Å². The van der Waals surface area contributed by atoms with E-state index in [-0.39, 0.29) is 28.1 Å². The van der Waals surface area contributed by atoms with E-state index in [1.54, 1.807) is 39.2 Å². The Bertz CT molecular complexity index is 1340. The maximum absolute atomic E-state index is 12.7. The van der Waals surface area contributed by atoms with Crippen LogP contribution in [0, 0.1) is 6.92 Å². The third kappa shape index (κ3) is 7.19. The van der Waals surface area contributed by atoms with Crippen LogP contribution in [0.4, 0.5) is 5.00 Å². The van der Waals surface area contributed by atoms with Gasteiger partial charge in [0.1, 0.15) is 16.6 Å². The topological polar surface area (TPSA) is 116 Å². The molecule has 0 atom stereocenters. The lowest BCUT2D eigenvalue weighted by molar-refractivity contribution is -0.113. The normalized spacial score (nSPS) is 10.8. The molecule has 1 aromatic carbocycles. The quantitative estimate of drug-likeness (QED) is 0.191. The van der Waals surface area contributed by atoms with Crippen LogP contribution in [0.25, 0.3) is 0 Å². The van der Waals surface area contributed by atoms with Gasteiger partial charge in [0.2, 0.25) is 5.91 Å². The summed E-state index contributed by atoms with van der Waals surface area (Å²) in [5, 5.41) is 12.9. The highest BCUT2D eigenvalue weighted by Crippen LogP contribution is 2.34. The predicted molar refractivity (Wildman–Crippen MR) is 149 cm³/mol. The Kier molecular flexibility index (Phi) is 10.4. The number of esters is 1. The molecule has 1 N–H and O–H groups in total. The lowest BCUT2D eigenvalue weighted by Gasteiger charge is -2.08. The number of aromatic nitrogens is 3. The first-order valence-corrected chi connectivity index (χ1v) is 13.9. The minimum atomic E-state index is -0.625. The fourth-order valence-electron chi connectivity index (χ4n) is 3.34. The van der Waals surface area contributed by atoms with Gasteiger partial charge < -0.3 is 24.3 Å². The monoisotopic (exact) mass is 599 g/mol. The third-order valence-electron chi connectivity index (χ3n) is 5.34. The fraction of sp³-hybridized carbons (Fsp3) is 0.375. The number of benzene rings is 1. The number of anilines is 1. The number of nitrogens with one attached hydrogen (secondary N) is 1. The smallest absolute Gasteiger partial charge is 0.341 e. The number of carbonyl (C=O) groups excluding carboxylic acids is 3. The van der Waals surface area contributed by atoms with Crippen molar-refractivity contribution in [3.8, 4) is 5.75 Å². The highest BCUT2D eigenvalue weighted by Gasteiger charge is 2.27. The Morgan fingerprint density at radius 3 is 2.61 bits per heavy atom. The molecule has 14 heteroatoms. The van der Waals surface area contributed by atoms with Gasteiger partial charge in [-0.25, -0.2) is 4.79 Å². The Morgan fingerprint density at radius 2 is 1.95 bits per heavy atom. The first-order valence-electron chi connectivity index (χ1n) is 11.4. The number of aryl methyl sites for hydroxylation is 1. The molecule has 0 saturated carbocycles. The zero-order chi connectivity index (χ0) is 28.0. The summed E-state index contributed by atoms with van der Waals surface area (Å²) in [6.07, 6.45) is 1.29. The molecule has 0 spiro atoms. The Hall–Kier alpha value is -2.80. The maximum Gasteiger partial charge on any atom is 0.341 e. The zero-order valence-electron chi connectivity index (χ0n) is 21.5. The summed E-state index contributed by atoms with van der Waals surface area (Å²) in [4.78, 5) is 39.3. The van der Waals surface area contributed by atoms with Crippen molar-refractivity contribution in [1.82, 2.24) is 19.7 Å². The molecule has 3 aromatic rings. The number of hydrogen-bond acceptors (Lipinski definition) is 9. The van der Waals surface area contributed by atoms with Gasteiger partial charge in [0.25, 0.3) is 5.91 Å². The van der Waals surface area contributed by atoms with Gasteiger partial charge in [0.15, 0.2) is 5.16 Å². The number of carbonyl (C=O) groups is 3. The number of amides is 2. The molecule has 0 fully saturated rings. The Balaban J connectivity index is 1.57. The van der Waals surface area contributed by atoms with Crippen LogP contribution in [0.5, 0.6) is 5.75 Å². The molecule has 204 valence electrons. The predicted octanol–water partition coefficient (Wildman–Crippen LogP) is 4.72. The van der Waals surface area contributed by atoms with E-state index in [2.05, 4.69) is 15.5 Å². The number of thiophene rings is 1. The van der Waals surface area contributed by atoms with E-state index in [0.717, 1.165) is 17.2 Å². The average molecular weight is 601 g/mol. The minimum Gasteiger partial charge on any atom is -0.492 e. The zero-order valence-corrected chi connectivity index (χ0v) is 24.6. The molecule has 2 heterocycles. The second-order valence-electron chi connectivity index (χ2n) is 8.27. The molecule has 0 bridgehead atoms. The summed E-state index contributed by atoms with van der Waals surface area (Å²) in [7, 11) is 6.31. The fourth-order valence-corrected chi connectivity index (χ4v) is 5.77. The highest BCUT2D eigenvalue weighted by atomic mass is 35.5. The number of thioether (sulfide) groups is 1. The Labute approximate surface area is 238 Å². The molecule has 0 unspecified atom stereocenters. The molecule has 10 nitrogen and oxygen atoms in total. The van der Waals surface area contributed by atoms with Crippen LogP contribution >= 0.6 is 46.3 Å². The maximum atomic E-state index is 12.7. The third-order valence-corrected chi connectivity index (χ3v) is 8.09. The summed E-state index contributed by atoms with van der Waals surface area (Å²) in [6.45, 7) is 2.08. The van der Waals surface area contributed by atoms with Crippen molar-refractivity contribution in [2.45, 2.75) is 24.9 Å². The van der Waals surface area contributed by atoms with Gasteiger partial charge in [0, 0.05) is 32.6 Å². The number of hydrogen-bond donors (Lipinski definition) is 1. The van der Waals surface area contributed by atoms with E-state index in [1.807, 2.05) is 11.6 Å². The van der Waals surface area contributed by atoms with E-state index in [9.17, 15) is 14.4 Å². The lowest BCUT2D eigenvalue weighted by atomic mass is 10.1. The summed E-state index contributed by atoms with van der Waals surface area (Å²) >= 11 is 14.3. The van der Waals surface area contributed by atoms with Crippen molar-refractivity contribution >= 4 is 69.1 Å². The van der Waals surface area contributed by atoms with Crippen molar-refractivity contribution in [3.05, 3.63) is 50.1 Å². The molecule has 38 heavy (non-hydrogen) atoms. The molecule has 0 saturated heterocycles. The number of ether oxygens (including phenoxy) is 2. The van der Waals surface area contributed by atoms with Crippen molar-refractivity contribution in [2.24, 2.45) is 7.05 Å². The largest absolute Gasteiger partial charge is 0.492 e. The average Bonchev–Trinajstić information content (AvgIpc) is 3.39. The standard InChI is InChI=1S/C24H27Cl2N5O5S2/c1-13-19(23(34)35-5)21(38-20(13)22(33)30(2)3)27-18(32)12-37-24-29-28-17(31(24)4)7-6-10-36-16-9-8-14(25)11-15(16)26/h8-9,11H,6-7,10,12H2,1-5H3,(H,27,32). The van der Waals surface area contributed by atoms with Crippen LogP contribution in [-0.2, 0) is 23.0 Å². The van der Waals surface area contributed by atoms with Crippen LogP contribution in [0.1, 0.15) is 37.8 Å². The second kappa shape index (κ2) is 13.3. The van der Waals surface area contributed by atoms with Crippen molar-refractivity contribution < 1.29 is 23.9 Å². The van der Waals surface area contributed by atoms with E-state index in [4.69, 9.17) is 32.7 Å². The molecule has 2 aromatic heterocycles.